The Kier molecular flexibility index (Phi) is 5.30. The van der Waals surface area contributed by atoms with Crippen LogP contribution >= 0.6 is 15.9 Å². The zero-order valence-corrected chi connectivity index (χ0v) is 7.56. The van der Waals surface area contributed by atoms with E-state index in [1.807, 2.05) is 6.92 Å². The lowest BCUT2D eigenvalue weighted by Gasteiger charge is -2.08. The lowest BCUT2D eigenvalue weighted by Crippen LogP contribution is -2.14. The molecule has 0 aliphatic heterocycles. The van der Waals surface area contributed by atoms with Gasteiger partial charge in [0.25, 0.3) is 0 Å². The summed E-state index contributed by atoms with van der Waals surface area (Å²) in [6.45, 7) is 5.37. The molecule has 0 aromatic carbocycles. The molecule has 0 amide bonds. The molecule has 0 fully saturated rings. The molecule has 0 rings (SSSR count). The van der Waals surface area contributed by atoms with Crippen molar-refractivity contribution in [2.75, 3.05) is 5.33 Å². The Morgan fingerprint density at radius 3 is 2.90 bits per heavy atom. The fraction of sp³-hybridized carbons (Fsp3) is 0.571. The van der Waals surface area contributed by atoms with Crippen molar-refractivity contribution < 1.29 is 9.53 Å². The van der Waals surface area contributed by atoms with Gasteiger partial charge in [-0.3, -0.25) is 4.79 Å². The molecule has 3 heteroatoms. The molecule has 0 radical (unpaired) electrons. The number of halogens is 1. The van der Waals surface area contributed by atoms with Crippen LogP contribution in [0.5, 0.6) is 0 Å². The average molecular weight is 207 g/mol. The first-order valence-corrected chi connectivity index (χ1v) is 4.19. The van der Waals surface area contributed by atoms with Crippen molar-refractivity contribution in [3.63, 3.8) is 0 Å². The normalized spacial score (nSPS) is 12.2. The van der Waals surface area contributed by atoms with Crippen LogP contribution in [0.2, 0.25) is 0 Å². The van der Waals surface area contributed by atoms with E-state index in [1.54, 1.807) is 6.08 Å². The number of ether oxygens (including phenoxy) is 1. The van der Waals surface area contributed by atoms with Crippen LogP contribution in [0, 0.1) is 0 Å². The second-order valence-electron chi connectivity index (χ2n) is 1.96. The second kappa shape index (κ2) is 5.47. The maximum atomic E-state index is 10.6. The van der Waals surface area contributed by atoms with Crippen molar-refractivity contribution in [2.45, 2.75) is 19.4 Å². The molecular weight excluding hydrogens is 196 g/mol. The molecule has 0 aromatic heterocycles. The Morgan fingerprint density at radius 2 is 2.50 bits per heavy atom. The zero-order valence-electron chi connectivity index (χ0n) is 5.97. The fourth-order valence-corrected chi connectivity index (χ4v) is 0.671. The van der Waals surface area contributed by atoms with Crippen LogP contribution in [0.3, 0.4) is 0 Å². The lowest BCUT2D eigenvalue weighted by molar-refractivity contribution is -0.144. The van der Waals surface area contributed by atoms with Crippen LogP contribution < -0.4 is 0 Å². The van der Waals surface area contributed by atoms with Crippen LogP contribution in [0.25, 0.3) is 0 Å². The van der Waals surface area contributed by atoms with Gasteiger partial charge in [0.15, 0.2) is 0 Å². The molecule has 0 N–H and O–H groups in total. The topological polar surface area (TPSA) is 26.3 Å². The Labute approximate surface area is 69.4 Å². The first-order chi connectivity index (χ1) is 4.70. The van der Waals surface area contributed by atoms with E-state index < -0.39 is 0 Å². The van der Waals surface area contributed by atoms with Gasteiger partial charge in [-0.25, -0.2) is 0 Å². The van der Waals surface area contributed by atoms with E-state index in [-0.39, 0.29) is 17.4 Å². The number of carbonyl (C=O) groups excluding carboxylic acids is 1. The molecule has 10 heavy (non-hydrogen) atoms. The quantitative estimate of drug-likeness (QED) is 0.399. The Hall–Kier alpha value is -0.310. The third-order valence-electron chi connectivity index (χ3n) is 0.940. The van der Waals surface area contributed by atoms with Crippen molar-refractivity contribution in [1.82, 2.24) is 0 Å². The Balaban J connectivity index is 3.46. The molecule has 0 aliphatic carbocycles. The molecule has 0 spiro atoms. The highest BCUT2D eigenvalue weighted by Crippen LogP contribution is 1.98. The first-order valence-electron chi connectivity index (χ1n) is 3.07. The SMILES string of the molecule is C=CC[C@@H](C)OC(=O)CBr. The predicted molar refractivity (Wildman–Crippen MR) is 44.2 cm³/mol. The van der Waals surface area contributed by atoms with Gasteiger partial charge in [-0.15, -0.1) is 6.58 Å². The van der Waals surface area contributed by atoms with Crippen LogP contribution in [-0.4, -0.2) is 17.4 Å². The molecule has 0 saturated heterocycles. The van der Waals surface area contributed by atoms with Crippen molar-refractivity contribution >= 4 is 21.9 Å². The number of hydrogen-bond donors (Lipinski definition) is 0. The summed E-state index contributed by atoms with van der Waals surface area (Å²) in [6, 6.07) is 0. The zero-order chi connectivity index (χ0) is 7.98. The summed E-state index contributed by atoms with van der Waals surface area (Å²) in [6.07, 6.45) is 2.38. The predicted octanol–water partition coefficient (Wildman–Crippen LogP) is 1.89. The first kappa shape index (κ1) is 9.69. The van der Waals surface area contributed by atoms with Gasteiger partial charge in [0.05, 0.1) is 0 Å². The standard InChI is InChI=1S/C7H11BrO2/c1-3-4-6(2)10-7(9)5-8/h3,6H,1,4-5H2,2H3/t6-/m1/s1. The Bertz CT molecular complexity index is 123. The number of alkyl halides is 1. The number of rotatable bonds is 4. The van der Waals surface area contributed by atoms with Crippen molar-refractivity contribution in [3.8, 4) is 0 Å². The van der Waals surface area contributed by atoms with Gasteiger partial charge in [0.2, 0.25) is 0 Å². The third-order valence-corrected chi connectivity index (χ3v) is 1.40. The molecule has 2 nitrogen and oxygen atoms in total. The molecule has 1 atom stereocenters. The number of esters is 1. The van der Waals surface area contributed by atoms with Crippen molar-refractivity contribution in [3.05, 3.63) is 12.7 Å². The lowest BCUT2D eigenvalue weighted by atomic mass is 10.3. The van der Waals surface area contributed by atoms with E-state index in [0.717, 1.165) is 0 Å². The molecule has 0 aromatic rings. The minimum Gasteiger partial charge on any atom is -0.462 e. The van der Waals surface area contributed by atoms with Crippen molar-refractivity contribution in [1.29, 1.82) is 0 Å². The van der Waals surface area contributed by atoms with Crippen molar-refractivity contribution in [2.24, 2.45) is 0 Å². The summed E-state index contributed by atoms with van der Waals surface area (Å²) in [5.74, 6) is -0.227. The van der Waals surface area contributed by atoms with E-state index >= 15 is 0 Å². The largest absolute Gasteiger partial charge is 0.462 e. The van der Waals surface area contributed by atoms with Gasteiger partial charge in [-0.2, -0.15) is 0 Å². The van der Waals surface area contributed by atoms with Crippen LogP contribution in [0.15, 0.2) is 12.7 Å². The van der Waals surface area contributed by atoms with Crippen LogP contribution in [-0.2, 0) is 9.53 Å². The van der Waals surface area contributed by atoms with Gasteiger partial charge in [-0.1, -0.05) is 22.0 Å². The van der Waals surface area contributed by atoms with E-state index in [2.05, 4.69) is 22.5 Å². The van der Waals surface area contributed by atoms with E-state index in [0.29, 0.717) is 6.42 Å². The van der Waals surface area contributed by atoms with Gasteiger partial charge >= 0.3 is 5.97 Å². The van der Waals surface area contributed by atoms with E-state index in [4.69, 9.17) is 4.74 Å². The summed E-state index contributed by atoms with van der Waals surface area (Å²) >= 11 is 2.99. The van der Waals surface area contributed by atoms with Gasteiger partial charge in [-0.05, 0) is 6.92 Å². The van der Waals surface area contributed by atoms with Gasteiger partial charge < -0.3 is 4.74 Å². The van der Waals surface area contributed by atoms with Crippen LogP contribution in [0.1, 0.15) is 13.3 Å². The number of carbonyl (C=O) groups is 1. The second-order valence-corrected chi connectivity index (χ2v) is 2.52. The van der Waals surface area contributed by atoms with Gasteiger partial charge in [0, 0.05) is 6.42 Å². The summed E-state index contributed by atoms with van der Waals surface area (Å²) in [5, 5.41) is 0.258. The van der Waals surface area contributed by atoms with E-state index in [9.17, 15) is 4.79 Å². The summed E-state index contributed by atoms with van der Waals surface area (Å²) < 4.78 is 4.88. The highest BCUT2D eigenvalue weighted by Gasteiger charge is 2.04. The maximum absolute atomic E-state index is 10.6. The highest BCUT2D eigenvalue weighted by atomic mass is 79.9. The summed E-state index contributed by atoms with van der Waals surface area (Å²) in [7, 11) is 0. The van der Waals surface area contributed by atoms with E-state index in [1.165, 1.54) is 0 Å². The fourth-order valence-electron chi connectivity index (χ4n) is 0.539. The monoisotopic (exact) mass is 206 g/mol. The molecule has 0 bridgehead atoms. The minimum atomic E-state index is -0.227. The molecule has 0 unspecified atom stereocenters. The van der Waals surface area contributed by atoms with Crippen LogP contribution in [0.4, 0.5) is 0 Å². The Morgan fingerprint density at radius 1 is 1.90 bits per heavy atom. The molecular formula is C7H11BrO2. The highest BCUT2D eigenvalue weighted by molar-refractivity contribution is 9.09. The third kappa shape index (κ3) is 4.56. The summed E-state index contributed by atoms with van der Waals surface area (Å²) in [5.41, 5.74) is 0. The number of hydrogen-bond acceptors (Lipinski definition) is 2. The molecule has 58 valence electrons. The molecule has 0 heterocycles. The summed E-state index contributed by atoms with van der Waals surface area (Å²) in [4.78, 5) is 10.6. The molecule has 0 aliphatic rings. The minimum absolute atomic E-state index is 0.0532. The molecule has 0 saturated carbocycles. The average Bonchev–Trinajstić information content (AvgIpc) is 1.88. The smallest absolute Gasteiger partial charge is 0.316 e. The maximum Gasteiger partial charge on any atom is 0.316 e. The van der Waals surface area contributed by atoms with Gasteiger partial charge in [0.1, 0.15) is 11.4 Å².